The van der Waals surface area contributed by atoms with E-state index < -0.39 is 35.5 Å². The molecule has 1 rings (SSSR count). The first-order valence-corrected chi connectivity index (χ1v) is 5.44. The predicted octanol–water partition coefficient (Wildman–Crippen LogP) is 0.481. The number of benzene rings is 1. The molecule has 0 saturated carbocycles. The van der Waals surface area contributed by atoms with Crippen molar-refractivity contribution in [2.24, 2.45) is 0 Å². The summed E-state index contributed by atoms with van der Waals surface area (Å²) in [4.78, 5) is 21.8. The molecule has 0 fully saturated rings. The molecule has 1 aromatic carbocycles. The van der Waals surface area contributed by atoms with Gasteiger partial charge in [-0.2, -0.15) is 0 Å². The van der Waals surface area contributed by atoms with Crippen molar-refractivity contribution >= 4 is 11.9 Å². The second kappa shape index (κ2) is 6.26. The van der Waals surface area contributed by atoms with Gasteiger partial charge < -0.3 is 20.1 Å². The Morgan fingerprint density at radius 2 is 2.00 bits per heavy atom. The number of halogens is 1. The van der Waals surface area contributed by atoms with Crippen molar-refractivity contribution in [1.29, 1.82) is 0 Å². The Hall–Kier alpha value is -1.99. The van der Waals surface area contributed by atoms with Crippen LogP contribution in [0.15, 0.2) is 18.2 Å². The number of rotatable bonds is 5. The Morgan fingerprint density at radius 3 is 2.47 bits per heavy atom. The summed E-state index contributed by atoms with van der Waals surface area (Å²) in [7, 11) is 0. The zero-order valence-corrected chi connectivity index (χ0v) is 10.0. The van der Waals surface area contributed by atoms with Crippen LogP contribution in [0.25, 0.3) is 0 Å². The molecule has 104 valence electrons. The van der Waals surface area contributed by atoms with E-state index in [1.807, 2.05) is 0 Å². The van der Waals surface area contributed by atoms with Crippen molar-refractivity contribution < 1.29 is 34.0 Å². The zero-order chi connectivity index (χ0) is 14.6. The van der Waals surface area contributed by atoms with Gasteiger partial charge >= 0.3 is 11.9 Å². The van der Waals surface area contributed by atoms with Crippen molar-refractivity contribution in [3.63, 3.8) is 0 Å². The van der Waals surface area contributed by atoms with E-state index in [0.29, 0.717) is 0 Å². The van der Waals surface area contributed by atoms with Gasteiger partial charge in [0.1, 0.15) is 11.9 Å². The van der Waals surface area contributed by atoms with Gasteiger partial charge in [0.25, 0.3) is 0 Å². The lowest BCUT2D eigenvalue weighted by Gasteiger charge is -2.17. The highest BCUT2D eigenvalue weighted by molar-refractivity contribution is 5.88. The van der Waals surface area contributed by atoms with E-state index in [0.717, 1.165) is 18.2 Å². The van der Waals surface area contributed by atoms with Crippen LogP contribution in [0.3, 0.4) is 0 Å². The SMILES string of the molecule is CCOC(=O)C(O)C(O)c1ccc(C(=O)O)c(F)c1. The maximum atomic E-state index is 13.4. The van der Waals surface area contributed by atoms with Crippen molar-refractivity contribution in [3.8, 4) is 0 Å². The van der Waals surface area contributed by atoms with Crippen LogP contribution in [0.4, 0.5) is 4.39 Å². The number of carbonyl (C=O) groups excluding carboxylic acids is 1. The number of esters is 1. The molecule has 0 aromatic heterocycles. The molecule has 6 nitrogen and oxygen atoms in total. The van der Waals surface area contributed by atoms with E-state index in [9.17, 15) is 24.2 Å². The molecule has 0 spiro atoms. The van der Waals surface area contributed by atoms with Crippen LogP contribution >= 0.6 is 0 Å². The third-order valence-corrected chi connectivity index (χ3v) is 2.39. The summed E-state index contributed by atoms with van der Waals surface area (Å²) in [5.41, 5.74) is -0.690. The van der Waals surface area contributed by atoms with Crippen LogP contribution in [0.1, 0.15) is 28.9 Å². The van der Waals surface area contributed by atoms with Crippen LogP contribution in [-0.2, 0) is 9.53 Å². The lowest BCUT2D eigenvalue weighted by Crippen LogP contribution is -2.30. The lowest BCUT2D eigenvalue weighted by molar-refractivity contribution is -0.159. The Bertz CT molecular complexity index is 487. The largest absolute Gasteiger partial charge is 0.478 e. The van der Waals surface area contributed by atoms with Gasteiger partial charge in [0, 0.05) is 0 Å². The van der Waals surface area contributed by atoms with Crippen LogP contribution in [0.2, 0.25) is 0 Å². The standard InChI is InChI=1S/C12H13FO6/c1-2-19-12(18)10(15)9(14)6-3-4-7(11(16)17)8(13)5-6/h3-5,9-10,14-15H,2H2,1H3,(H,16,17). The lowest BCUT2D eigenvalue weighted by atomic mass is 10.0. The predicted molar refractivity (Wildman–Crippen MR) is 61.0 cm³/mol. The molecular formula is C12H13FO6. The minimum Gasteiger partial charge on any atom is -0.478 e. The van der Waals surface area contributed by atoms with Crippen molar-refractivity contribution in [2.45, 2.75) is 19.1 Å². The highest BCUT2D eigenvalue weighted by Crippen LogP contribution is 2.20. The third kappa shape index (κ3) is 3.49. The van der Waals surface area contributed by atoms with Gasteiger partial charge in [0.15, 0.2) is 6.10 Å². The van der Waals surface area contributed by atoms with Gasteiger partial charge in [-0.1, -0.05) is 6.07 Å². The number of hydrogen-bond donors (Lipinski definition) is 3. The first-order valence-electron chi connectivity index (χ1n) is 5.44. The Kier molecular flexibility index (Phi) is 4.96. The number of carboxylic acid groups (broad SMARTS) is 1. The Morgan fingerprint density at radius 1 is 1.37 bits per heavy atom. The number of hydrogen-bond acceptors (Lipinski definition) is 5. The molecule has 3 N–H and O–H groups in total. The van der Waals surface area contributed by atoms with Crippen LogP contribution in [0, 0.1) is 5.82 Å². The molecule has 1 aromatic rings. The van der Waals surface area contributed by atoms with Crippen molar-refractivity contribution in [2.75, 3.05) is 6.61 Å². The van der Waals surface area contributed by atoms with E-state index in [1.165, 1.54) is 6.92 Å². The van der Waals surface area contributed by atoms with Gasteiger partial charge in [0.2, 0.25) is 0 Å². The second-order valence-corrected chi connectivity index (χ2v) is 3.69. The number of carbonyl (C=O) groups is 2. The van der Waals surface area contributed by atoms with Gasteiger partial charge in [-0.3, -0.25) is 0 Å². The Balaban J connectivity index is 2.94. The smallest absolute Gasteiger partial charge is 0.338 e. The average molecular weight is 272 g/mol. The fourth-order valence-corrected chi connectivity index (χ4v) is 1.43. The number of carboxylic acids is 1. The fraction of sp³-hybridized carbons (Fsp3) is 0.333. The summed E-state index contributed by atoms with van der Waals surface area (Å²) in [5.74, 6) is -3.57. The molecule has 0 saturated heterocycles. The van der Waals surface area contributed by atoms with Gasteiger partial charge in [0.05, 0.1) is 12.2 Å². The van der Waals surface area contributed by atoms with Gasteiger partial charge in [-0.05, 0) is 24.6 Å². The van der Waals surface area contributed by atoms with Gasteiger partial charge in [-0.25, -0.2) is 14.0 Å². The van der Waals surface area contributed by atoms with Crippen molar-refractivity contribution in [1.82, 2.24) is 0 Å². The minimum atomic E-state index is -1.87. The molecular weight excluding hydrogens is 259 g/mol. The number of aliphatic hydroxyl groups excluding tert-OH is 2. The van der Waals surface area contributed by atoms with Crippen LogP contribution in [-0.4, -0.2) is 40.0 Å². The first kappa shape index (κ1) is 15.1. The molecule has 7 heteroatoms. The maximum Gasteiger partial charge on any atom is 0.338 e. The van der Waals surface area contributed by atoms with E-state index in [-0.39, 0.29) is 12.2 Å². The highest BCUT2D eigenvalue weighted by atomic mass is 19.1. The molecule has 0 bridgehead atoms. The van der Waals surface area contributed by atoms with Crippen LogP contribution < -0.4 is 0 Å². The third-order valence-electron chi connectivity index (χ3n) is 2.39. The Labute approximate surface area is 108 Å². The van der Waals surface area contributed by atoms with E-state index in [1.54, 1.807) is 0 Å². The minimum absolute atomic E-state index is 0.0227. The van der Waals surface area contributed by atoms with Crippen molar-refractivity contribution in [3.05, 3.63) is 35.1 Å². The molecule has 0 heterocycles. The summed E-state index contributed by atoms with van der Waals surface area (Å²) < 4.78 is 17.9. The molecule has 2 unspecified atom stereocenters. The van der Waals surface area contributed by atoms with E-state index in [2.05, 4.69) is 4.74 Å². The molecule has 0 amide bonds. The topological polar surface area (TPSA) is 104 Å². The molecule has 0 aliphatic carbocycles. The summed E-state index contributed by atoms with van der Waals surface area (Å²) in [5, 5.41) is 27.8. The zero-order valence-electron chi connectivity index (χ0n) is 10.0. The fourth-order valence-electron chi connectivity index (χ4n) is 1.43. The average Bonchev–Trinajstić information content (AvgIpc) is 2.36. The molecule has 0 aliphatic rings. The number of aliphatic hydroxyl groups is 2. The molecule has 19 heavy (non-hydrogen) atoms. The maximum absolute atomic E-state index is 13.4. The first-order chi connectivity index (χ1) is 8.88. The summed E-state index contributed by atoms with van der Waals surface area (Å²) in [6.45, 7) is 1.55. The normalized spacial score (nSPS) is 13.7. The molecule has 0 aliphatic heterocycles. The summed E-state index contributed by atoms with van der Waals surface area (Å²) >= 11 is 0. The monoisotopic (exact) mass is 272 g/mol. The van der Waals surface area contributed by atoms with E-state index >= 15 is 0 Å². The summed E-state index contributed by atoms with van der Waals surface area (Å²) in [6.07, 6.45) is -3.56. The number of aromatic carboxylic acids is 1. The summed E-state index contributed by atoms with van der Waals surface area (Å²) in [6, 6.07) is 2.80. The number of ether oxygens (including phenoxy) is 1. The highest BCUT2D eigenvalue weighted by Gasteiger charge is 2.27. The van der Waals surface area contributed by atoms with E-state index in [4.69, 9.17) is 5.11 Å². The van der Waals surface area contributed by atoms with Crippen LogP contribution in [0.5, 0.6) is 0 Å². The molecule has 2 atom stereocenters. The van der Waals surface area contributed by atoms with Gasteiger partial charge in [-0.15, -0.1) is 0 Å². The second-order valence-electron chi connectivity index (χ2n) is 3.69. The quantitative estimate of drug-likeness (QED) is 0.673. The molecule has 0 radical (unpaired) electrons.